The molecule has 0 bridgehead atoms. The molecule has 0 saturated carbocycles. The van der Waals surface area contributed by atoms with Gasteiger partial charge >= 0.3 is 0 Å². The smallest absolute Gasteiger partial charge is 0.0811 e. The van der Waals surface area contributed by atoms with Gasteiger partial charge in [0.2, 0.25) is 0 Å². The number of hydrogen-bond donors (Lipinski definition) is 3. The van der Waals surface area contributed by atoms with E-state index >= 15 is 0 Å². The fourth-order valence-corrected chi connectivity index (χ4v) is 1.69. The number of rotatable bonds is 3. The lowest BCUT2D eigenvalue weighted by atomic mass is 10.1. The van der Waals surface area contributed by atoms with E-state index in [2.05, 4.69) is 15.9 Å². The molecule has 1 aromatic rings. The van der Waals surface area contributed by atoms with Gasteiger partial charge in [-0.25, -0.2) is 0 Å². The number of aliphatic hydroxyl groups excluding tert-OH is 1. The van der Waals surface area contributed by atoms with Gasteiger partial charge in [-0.1, -0.05) is 27.5 Å². The molecule has 1 aromatic carbocycles. The van der Waals surface area contributed by atoms with Crippen molar-refractivity contribution in [2.45, 2.75) is 6.04 Å². The molecule has 1 atom stereocenters. The van der Waals surface area contributed by atoms with Crippen LogP contribution in [0.15, 0.2) is 22.7 Å². The molecule has 0 aromatic heterocycles. The number of nitrogens with one attached hydrogen (secondary N) is 1. The van der Waals surface area contributed by atoms with Crippen molar-refractivity contribution in [1.82, 2.24) is 5.48 Å². The lowest BCUT2D eigenvalue weighted by Gasteiger charge is -2.14. The van der Waals surface area contributed by atoms with Gasteiger partial charge in [0, 0.05) is 9.50 Å². The van der Waals surface area contributed by atoms with Crippen LogP contribution >= 0.6 is 27.5 Å². The molecule has 0 spiro atoms. The van der Waals surface area contributed by atoms with Crippen LogP contribution in [0.4, 0.5) is 0 Å². The van der Waals surface area contributed by atoms with E-state index in [9.17, 15) is 0 Å². The maximum atomic E-state index is 8.91. The highest BCUT2D eigenvalue weighted by atomic mass is 79.9. The van der Waals surface area contributed by atoms with Crippen LogP contribution in [0.25, 0.3) is 0 Å². The van der Waals surface area contributed by atoms with Crippen LogP contribution in [0.2, 0.25) is 5.02 Å². The summed E-state index contributed by atoms with van der Waals surface area (Å²) in [6.07, 6.45) is 0. The van der Waals surface area contributed by atoms with Crippen molar-refractivity contribution in [3.8, 4) is 0 Å². The van der Waals surface area contributed by atoms with Crippen LogP contribution in [0.3, 0.4) is 0 Å². The summed E-state index contributed by atoms with van der Waals surface area (Å²) in [6.45, 7) is -0.199. The van der Waals surface area contributed by atoms with Gasteiger partial charge in [-0.2, -0.15) is 5.48 Å². The molecule has 0 heterocycles. The van der Waals surface area contributed by atoms with E-state index in [1.54, 1.807) is 18.2 Å². The molecule has 0 aliphatic heterocycles. The lowest BCUT2D eigenvalue weighted by molar-refractivity contribution is 0.0903. The summed E-state index contributed by atoms with van der Waals surface area (Å²) in [5.41, 5.74) is 2.72. The van der Waals surface area contributed by atoms with Gasteiger partial charge in [0.1, 0.15) is 0 Å². The Labute approximate surface area is 89.4 Å². The number of benzene rings is 1. The largest absolute Gasteiger partial charge is 0.394 e. The number of aliphatic hydroxyl groups is 1. The SMILES string of the molecule is OC[C@H](NO)c1cc(Cl)ccc1Br. The zero-order valence-electron chi connectivity index (χ0n) is 6.67. The number of hydrogen-bond acceptors (Lipinski definition) is 3. The van der Waals surface area contributed by atoms with Gasteiger partial charge in [-0.3, -0.25) is 0 Å². The van der Waals surface area contributed by atoms with Gasteiger partial charge in [-0.15, -0.1) is 0 Å². The molecule has 0 aliphatic rings. The summed E-state index contributed by atoms with van der Waals surface area (Å²) in [6, 6.07) is 4.64. The Hall–Kier alpha value is -0.130. The first-order valence-corrected chi connectivity index (χ1v) is 4.81. The summed E-state index contributed by atoms with van der Waals surface area (Å²) in [5, 5.41) is 18.2. The second-order valence-electron chi connectivity index (χ2n) is 2.53. The topological polar surface area (TPSA) is 52.5 Å². The van der Waals surface area contributed by atoms with E-state index in [1.165, 1.54) is 0 Å². The Balaban J connectivity index is 3.03. The quantitative estimate of drug-likeness (QED) is 0.735. The molecule has 5 heteroatoms. The normalized spacial score (nSPS) is 12.9. The van der Waals surface area contributed by atoms with Crippen molar-refractivity contribution in [3.63, 3.8) is 0 Å². The summed E-state index contributed by atoms with van der Waals surface area (Å²) in [5.74, 6) is 0. The summed E-state index contributed by atoms with van der Waals surface area (Å²) in [4.78, 5) is 0. The first-order valence-electron chi connectivity index (χ1n) is 3.64. The van der Waals surface area contributed by atoms with E-state index < -0.39 is 6.04 Å². The fraction of sp³-hybridized carbons (Fsp3) is 0.250. The van der Waals surface area contributed by atoms with Crippen LogP contribution < -0.4 is 5.48 Å². The zero-order valence-corrected chi connectivity index (χ0v) is 9.01. The first kappa shape index (κ1) is 10.9. The van der Waals surface area contributed by atoms with Crippen molar-refractivity contribution in [2.75, 3.05) is 6.61 Å². The van der Waals surface area contributed by atoms with Crippen molar-refractivity contribution in [2.24, 2.45) is 0 Å². The van der Waals surface area contributed by atoms with E-state index in [0.717, 1.165) is 10.0 Å². The third-order valence-electron chi connectivity index (χ3n) is 1.67. The maximum Gasteiger partial charge on any atom is 0.0811 e. The predicted octanol–water partition coefficient (Wildman–Crippen LogP) is 2.11. The number of halogens is 2. The molecular formula is C8H9BrClNO2. The molecule has 0 amide bonds. The summed E-state index contributed by atoms with van der Waals surface area (Å²) >= 11 is 9.05. The lowest BCUT2D eigenvalue weighted by Crippen LogP contribution is -2.20. The predicted molar refractivity (Wildman–Crippen MR) is 53.9 cm³/mol. The summed E-state index contributed by atoms with van der Waals surface area (Å²) in [7, 11) is 0. The molecule has 3 N–H and O–H groups in total. The maximum absolute atomic E-state index is 8.91. The number of hydroxylamine groups is 1. The average Bonchev–Trinajstić information content (AvgIpc) is 2.13. The van der Waals surface area contributed by atoms with Gasteiger partial charge in [0.15, 0.2) is 0 Å². The molecule has 0 aliphatic carbocycles. The van der Waals surface area contributed by atoms with Gasteiger partial charge < -0.3 is 10.3 Å². The third kappa shape index (κ3) is 2.65. The van der Waals surface area contributed by atoms with Crippen LogP contribution in [-0.2, 0) is 0 Å². The highest BCUT2D eigenvalue weighted by Crippen LogP contribution is 2.26. The van der Waals surface area contributed by atoms with Gasteiger partial charge in [-0.05, 0) is 23.8 Å². The summed E-state index contributed by atoms with van der Waals surface area (Å²) < 4.78 is 0.789. The first-order chi connectivity index (χ1) is 6.19. The van der Waals surface area contributed by atoms with Crippen LogP contribution in [0, 0.1) is 0 Å². The monoisotopic (exact) mass is 265 g/mol. The molecule has 0 unspecified atom stereocenters. The third-order valence-corrected chi connectivity index (χ3v) is 2.63. The van der Waals surface area contributed by atoms with Crippen molar-refractivity contribution in [3.05, 3.63) is 33.3 Å². The van der Waals surface area contributed by atoms with E-state index in [-0.39, 0.29) is 6.61 Å². The van der Waals surface area contributed by atoms with Crippen LogP contribution in [0.1, 0.15) is 11.6 Å². The second kappa shape index (κ2) is 4.93. The van der Waals surface area contributed by atoms with E-state index in [0.29, 0.717) is 5.02 Å². The minimum atomic E-state index is -0.520. The molecule has 3 nitrogen and oxygen atoms in total. The van der Waals surface area contributed by atoms with Crippen molar-refractivity contribution >= 4 is 27.5 Å². The Morgan fingerprint density at radius 2 is 2.23 bits per heavy atom. The molecule has 0 saturated heterocycles. The average molecular weight is 267 g/mol. The molecule has 0 fully saturated rings. The van der Waals surface area contributed by atoms with Crippen LogP contribution in [-0.4, -0.2) is 16.9 Å². The Bertz CT molecular complexity index is 291. The van der Waals surface area contributed by atoms with Gasteiger partial charge in [0.25, 0.3) is 0 Å². The minimum Gasteiger partial charge on any atom is -0.394 e. The second-order valence-corrected chi connectivity index (χ2v) is 3.82. The highest BCUT2D eigenvalue weighted by Gasteiger charge is 2.12. The van der Waals surface area contributed by atoms with Crippen molar-refractivity contribution in [1.29, 1.82) is 0 Å². The minimum absolute atomic E-state index is 0.199. The van der Waals surface area contributed by atoms with Crippen LogP contribution in [0.5, 0.6) is 0 Å². The Morgan fingerprint density at radius 3 is 2.77 bits per heavy atom. The van der Waals surface area contributed by atoms with Crippen molar-refractivity contribution < 1.29 is 10.3 Å². The molecular weight excluding hydrogens is 257 g/mol. The fourth-order valence-electron chi connectivity index (χ4n) is 0.990. The standard InChI is InChI=1S/C8H9BrClNO2/c9-7-2-1-5(10)3-6(7)8(4-12)11-13/h1-3,8,11-13H,4H2/t8-/m0/s1. The van der Waals surface area contributed by atoms with E-state index in [4.69, 9.17) is 21.9 Å². The zero-order chi connectivity index (χ0) is 9.84. The Morgan fingerprint density at radius 1 is 1.54 bits per heavy atom. The van der Waals surface area contributed by atoms with Gasteiger partial charge in [0.05, 0.1) is 12.6 Å². The molecule has 72 valence electrons. The Kier molecular flexibility index (Phi) is 4.15. The molecule has 1 rings (SSSR count). The molecule has 13 heavy (non-hydrogen) atoms. The molecule has 0 radical (unpaired) electrons. The highest BCUT2D eigenvalue weighted by molar-refractivity contribution is 9.10. The van der Waals surface area contributed by atoms with E-state index in [1.807, 2.05) is 5.48 Å².